The fourth-order valence-corrected chi connectivity index (χ4v) is 5.04. The number of aromatic nitrogens is 1. The predicted octanol–water partition coefficient (Wildman–Crippen LogP) is 2.67. The molecule has 1 amide bonds. The van der Waals surface area contributed by atoms with Gasteiger partial charge in [-0.15, -0.1) is 0 Å². The minimum absolute atomic E-state index is 0.255. The Morgan fingerprint density at radius 1 is 1.03 bits per heavy atom. The van der Waals surface area contributed by atoms with Crippen molar-refractivity contribution in [1.29, 1.82) is 0 Å². The first kappa shape index (κ1) is 21.3. The molecule has 0 unspecified atom stereocenters. The van der Waals surface area contributed by atoms with Gasteiger partial charge in [0.2, 0.25) is 15.9 Å². The number of nitrogens with zero attached hydrogens (tertiary/aromatic N) is 2. The molecule has 0 aliphatic carbocycles. The number of carbonyl (C=O) groups excluding carboxylic acids is 1. The molecule has 2 aromatic rings. The summed E-state index contributed by atoms with van der Waals surface area (Å²) in [6.07, 6.45) is 4.99. The van der Waals surface area contributed by atoms with Crippen LogP contribution in [-0.4, -0.2) is 36.3 Å². The lowest BCUT2D eigenvalue weighted by atomic mass is 10.1. The molecule has 1 fully saturated rings. The Labute approximate surface area is 171 Å². The highest BCUT2D eigenvalue weighted by Gasteiger charge is 2.28. The van der Waals surface area contributed by atoms with Gasteiger partial charge in [-0.3, -0.25) is 9.59 Å². The number of carbonyl (C=O) groups is 1. The minimum Gasteiger partial charge on any atom is -0.325 e. The number of hydrogen-bond donors (Lipinski definition) is 1. The van der Waals surface area contributed by atoms with Crippen LogP contribution in [0, 0.1) is 13.8 Å². The van der Waals surface area contributed by atoms with E-state index in [9.17, 15) is 18.0 Å². The number of pyridine rings is 1. The Balaban J connectivity index is 1.80. The predicted molar refractivity (Wildman–Crippen MR) is 112 cm³/mol. The Hall–Kier alpha value is -2.45. The first-order valence-electron chi connectivity index (χ1n) is 9.86. The zero-order chi connectivity index (χ0) is 21.0. The average molecular weight is 418 g/mol. The second-order valence-corrected chi connectivity index (χ2v) is 9.38. The maximum atomic E-state index is 13.0. The van der Waals surface area contributed by atoms with E-state index in [1.54, 1.807) is 6.07 Å². The van der Waals surface area contributed by atoms with Crippen LogP contribution in [0.15, 0.2) is 46.2 Å². The fourth-order valence-electron chi connectivity index (χ4n) is 3.43. The van der Waals surface area contributed by atoms with Crippen molar-refractivity contribution in [2.75, 3.05) is 18.4 Å². The molecule has 7 nitrogen and oxygen atoms in total. The van der Waals surface area contributed by atoms with E-state index in [0.29, 0.717) is 18.8 Å². The lowest BCUT2D eigenvalue weighted by molar-refractivity contribution is -0.116. The van der Waals surface area contributed by atoms with E-state index in [0.717, 1.165) is 41.4 Å². The summed E-state index contributed by atoms with van der Waals surface area (Å²) in [4.78, 5) is 24.9. The summed E-state index contributed by atoms with van der Waals surface area (Å²) in [5.74, 6) is -0.389. The molecule has 1 aromatic heterocycles. The van der Waals surface area contributed by atoms with Crippen molar-refractivity contribution in [3.8, 4) is 0 Å². The van der Waals surface area contributed by atoms with Gasteiger partial charge in [-0.05, 0) is 62.1 Å². The molecule has 2 heterocycles. The maximum Gasteiger partial charge on any atom is 0.271 e. The molecule has 1 aromatic carbocycles. The van der Waals surface area contributed by atoms with Crippen LogP contribution in [0.3, 0.4) is 0 Å². The van der Waals surface area contributed by atoms with Gasteiger partial charge in [0.25, 0.3) is 5.56 Å². The number of nitrogens with one attached hydrogen (secondary N) is 1. The second kappa shape index (κ2) is 8.92. The fraction of sp³-hybridized carbons (Fsp3) is 0.429. The van der Waals surface area contributed by atoms with Crippen molar-refractivity contribution >= 4 is 21.6 Å². The number of benzene rings is 1. The summed E-state index contributed by atoms with van der Waals surface area (Å²) < 4.78 is 28.5. The standard InChI is InChI=1S/C21H27N3O4S/c1-16-9-10-18(14-17(16)2)22-20(25)15-23-11-7-8-19(21(23)26)29(27,28)24-12-5-3-4-6-13-24/h7-11,14H,3-6,12-13,15H2,1-2H3,(H,22,25). The van der Waals surface area contributed by atoms with Gasteiger partial charge in [-0.2, -0.15) is 4.31 Å². The molecule has 1 saturated heterocycles. The Morgan fingerprint density at radius 2 is 1.72 bits per heavy atom. The van der Waals surface area contributed by atoms with Gasteiger partial charge in [0.15, 0.2) is 0 Å². The van der Waals surface area contributed by atoms with Crippen LogP contribution < -0.4 is 10.9 Å². The molecule has 0 spiro atoms. The summed E-state index contributed by atoms with van der Waals surface area (Å²) >= 11 is 0. The van der Waals surface area contributed by atoms with Gasteiger partial charge >= 0.3 is 0 Å². The lowest BCUT2D eigenvalue weighted by Crippen LogP contribution is -2.37. The summed E-state index contributed by atoms with van der Waals surface area (Å²) in [5.41, 5.74) is 2.13. The monoisotopic (exact) mass is 417 g/mol. The van der Waals surface area contributed by atoms with Gasteiger partial charge < -0.3 is 9.88 Å². The van der Waals surface area contributed by atoms with E-state index in [4.69, 9.17) is 0 Å². The van der Waals surface area contributed by atoms with Crippen LogP contribution in [0.2, 0.25) is 0 Å². The summed E-state index contributed by atoms with van der Waals surface area (Å²) in [5, 5.41) is 2.76. The Kier molecular flexibility index (Phi) is 6.54. The van der Waals surface area contributed by atoms with E-state index in [-0.39, 0.29) is 17.3 Å². The molecule has 3 rings (SSSR count). The molecule has 1 N–H and O–H groups in total. The van der Waals surface area contributed by atoms with Crippen LogP contribution in [-0.2, 0) is 21.4 Å². The Bertz CT molecular complexity index is 1050. The van der Waals surface area contributed by atoms with E-state index in [1.165, 1.54) is 22.6 Å². The number of aryl methyl sites for hydroxylation is 2. The van der Waals surface area contributed by atoms with Crippen molar-refractivity contribution in [1.82, 2.24) is 8.87 Å². The summed E-state index contributed by atoms with van der Waals surface area (Å²) in [6.45, 7) is 4.52. The maximum absolute atomic E-state index is 13.0. The van der Waals surface area contributed by atoms with E-state index < -0.39 is 15.6 Å². The largest absolute Gasteiger partial charge is 0.325 e. The van der Waals surface area contributed by atoms with Crippen molar-refractivity contribution in [2.45, 2.75) is 51.0 Å². The second-order valence-electron chi connectivity index (χ2n) is 7.47. The summed E-state index contributed by atoms with van der Waals surface area (Å²) in [6, 6.07) is 8.38. The quantitative estimate of drug-likeness (QED) is 0.810. The molecule has 0 atom stereocenters. The normalized spacial score (nSPS) is 15.7. The molecule has 29 heavy (non-hydrogen) atoms. The first-order chi connectivity index (χ1) is 13.8. The van der Waals surface area contributed by atoms with Crippen LogP contribution >= 0.6 is 0 Å². The number of anilines is 1. The third kappa shape index (κ3) is 4.94. The van der Waals surface area contributed by atoms with Gasteiger partial charge in [0, 0.05) is 25.0 Å². The van der Waals surface area contributed by atoms with Gasteiger partial charge in [-0.25, -0.2) is 8.42 Å². The molecule has 156 valence electrons. The zero-order valence-electron chi connectivity index (χ0n) is 16.8. The van der Waals surface area contributed by atoms with Crippen molar-refractivity contribution in [2.24, 2.45) is 0 Å². The van der Waals surface area contributed by atoms with E-state index >= 15 is 0 Å². The minimum atomic E-state index is -3.88. The van der Waals surface area contributed by atoms with Crippen molar-refractivity contribution in [3.05, 3.63) is 58.0 Å². The lowest BCUT2D eigenvalue weighted by Gasteiger charge is -2.20. The van der Waals surface area contributed by atoms with Crippen molar-refractivity contribution < 1.29 is 13.2 Å². The van der Waals surface area contributed by atoms with Crippen molar-refractivity contribution in [3.63, 3.8) is 0 Å². The summed E-state index contributed by atoms with van der Waals surface area (Å²) in [7, 11) is -3.88. The SMILES string of the molecule is Cc1ccc(NC(=O)Cn2cccc(S(=O)(=O)N3CCCCCC3)c2=O)cc1C. The molecule has 0 bridgehead atoms. The van der Waals surface area contributed by atoms with Gasteiger partial charge in [-0.1, -0.05) is 18.9 Å². The van der Waals surface area contributed by atoms with Crippen LogP contribution in [0.5, 0.6) is 0 Å². The smallest absolute Gasteiger partial charge is 0.271 e. The highest BCUT2D eigenvalue weighted by atomic mass is 32.2. The Morgan fingerprint density at radius 3 is 2.38 bits per heavy atom. The molecular formula is C21H27N3O4S. The highest BCUT2D eigenvalue weighted by molar-refractivity contribution is 7.89. The molecule has 8 heteroatoms. The molecular weight excluding hydrogens is 390 g/mol. The van der Waals surface area contributed by atoms with E-state index in [1.807, 2.05) is 26.0 Å². The molecule has 0 radical (unpaired) electrons. The average Bonchev–Trinajstić information content (AvgIpc) is 2.96. The highest BCUT2D eigenvalue weighted by Crippen LogP contribution is 2.18. The van der Waals surface area contributed by atoms with Crippen LogP contribution in [0.4, 0.5) is 5.69 Å². The van der Waals surface area contributed by atoms with Crippen LogP contribution in [0.1, 0.15) is 36.8 Å². The number of rotatable bonds is 5. The number of sulfonamides is 1. The topological polar surface area (TPSA) is 88.5 Å². The zero-order valence-corrected chi connectivity index (χ0v) is 17.7. The van der Waals surface area contributed by atoms with E-state index in [2.05, 4.69) is 5.32 Å². The first-order valence-corrected chi connectivity index (χ1v) is 11.3. The number of amides is 1. The van der Waals surface area contributed by atoms with Gasteiger partial charge in [0.05, 0.1) is 0 Å². The number of hydrogen-bond acceptors (Lipinski definition) is 4. The molecule has 1 aliphatic rings. The third-order valence-corrected chi connectivity index (χ3v) is 7.18. The van der Waals surface area contributed by atoms with Crippen LogP contribution in [0.25, 0.3) is 0 Å². The third-order valence-electron chi connectivity index (χ3n) is 5.27. The molecule has 1 aliphatic heterocycles. The van der Waals surface area contributed by atoms with Gasteiger partial charge in [0.1, 0.15) is 11.4 Å². The molecule has 0 saturated carbocycles.